The Morgan fingerprint density at radius 2 is 1.57 bits per heavy atom. The van der Waals surface area contributed by atoms with Gasteiger partial charge < -0.3 is 24.8 Å². The van der Waals surface area contributed by atoms with Crippen molar-refractivity contribution in [2.75, 3.05) is 19.8 Å². The van der Waals surface area contributed by atoms with Gasteiger partial charge in [-0.3, -0.25) is 5.32 Å². The molecular weight excluding hydrogens is 382 g/mol. The maximum Gasteiger partial charge on any atom is 0.115 e. The Morgan fingerprint density at radius 3 is 2.23 bits per heavy atom. The number of phenolic OH excluding ortho intramolecular Hbond substituents is 1. The van der Waals surface area contributed by atoms with E-state index in [2.05, 4.69) is 17.4 Å². The number of aromatic hydroxyl groups is 1. The summed E-state index contributed by atoms with van der Waals surface area (Å²) in [5, 5.41) is 32.6. The normalized spacial score (nSPS) is 15.5. The van der Waals surface area contributed by atoms with E-state index in [0.29, 0.717) is 26.1 Å². The van der Waals surface area contributed by atoms with E-state index in [1.54, 1.807) is 19.1 Å². The quantitative estimate of drug-likeness (QED) is 0.353. The maximum atomic E-state index is 10.5. The lowest BCUT2D eigenvalue weighted by atomic mass is 10.0. The minimum Gasteiger partial charge on any atom is -0.508 e. The van der Waals surface area contributed by atoms with Crippen molar-refractivity contribution in [1.29, 1.82) is 0 Å². The predicted molar refractivity (Wildman–Crippen MR) is 117 cm³/mol. The molecule has 0 heterocycles. The van der Waals surface area contributed by atoms with Crippen LogP contribution < -0.4 is 5.32 Å². The molecule has 30 heavy (non-hydrogen) atoms. The fraction of sp³-hybridized carbons (Fsp3) is 0.500. The first-order valence-electron chi connectivity index (χ1n) is 10.6. The highest BCUT2D eigenvalue weighted by atomic mass is 16.5. The molecule has 4 atom stereocenters. The van der Waals surface area contributed by atoms with Crippen molar-refractivity contribution in [3.05, 3.63) is 65.7 Å². The van der Waals surface area contributed by atoms with Crippen molar-refractivity contribution >= 4 is 0 Å². The van der Waals surface area contributed by atoms with Crippen LogP contribution in [0.5, 0.6) is 5.75 Å². The van der Waals surface area contributed by atoms with Gasteiger partial charge in [-0.25, -0.2) is 0 Å². The van der Waals surface area contributed by atoms with Crippen LogP contribution in [0.25, 0.3) is 0 Å². The van der Waals surface area contributed by atoms with Crippen molar-refractivity contribution < 1.29 is 24.8 Å². The molecule has 0 bridgehead atoms. The second-order valence-corrected chi connectivity index (χ2v) is 7.80. The van der Waals surface area contributed by atoms with Gasteiger partial charge in [0, 0.05) is 6.04 Å². The molecule has 2 aromatic carbocycles. The van der Waals surface area contributed by atoms with Crippen LogP contribution in [0.4, 0.5) is 0 Å². The Labute approximate surface area is 179 Å². The van der Waals surface area contributed by atoms with E-state index in [0.717, 1.165) is 12.0 Å². The summed E-state index contributed by atoms with van der Waals surface area (Å²) in [7, 11) is 0. The summed E-state index contributed by atoms with van der Waals surface area (Å²) >= 11 is 0. The summed E-state index contributed by atoms with van der Waals surface area (Å²) < 4.78 is 11.3. The van der Waals surface area contributed by atoms with Crippen LogP contribution in [0.1, 0.15) is 31.4 Å². The summed E-state index contributed by atoms with van der Waals surface area (Å²) in [4.78, 5) is 0. The molecule has 0 saturated heterocycles. The molecule has 0 saturated carbocycles. The third kappa shape index (κ3) is 10.2. The zero-order chi connectivity index (χ0) is 21.8. The summed E-state index contributed by atoms with van der Waals surface area (Å²) in [6.07, 6.45) is 0.759. The van der Waals surface area contributed by atoms with E-state index in [-0.39, 0.29) is 24.5 Å². The topological polar surface area (TPSA) is 91.2 Å². The van der Waals surface area contributed by atoms with Crippen LogP contribution in [0.15, 0.2) is 54.6 Å². The molecule has 0 aliphatic carbocycles. The minimum atomic E-state index is -0.653. The summed E-state index contributed by atoms with van der Waals surface area (Å²) in [5.74, 6) is 0.228. The maximum absolute atomic E-state index is 10.5. The Balaban J connectivity index is 1.85. The average Bonchev–Trinajstić information content (AvgIpc) is 2.73. The second-order valence-electron chi connectivity index (χ2n) is 7.80. The molecule has 4 N–H and O–H groups in total. The van der Waals surface area contributed by atoms with Gasteiger partial charge >= 0.3 is 0 Å². The number of nitrogens with one attached hydrogen (secondary N) is 1. The van der Waals surface area contributed by atoms with Crippen LogP contribution in [0.3, 0.4) is 0 Å². The number of ether oxygens (including phenoxy) is 2. The van der Waals surface area contributed by atoms with E-state index in [1.807, 2.05) is 37.3 Å². The molecule has 0 radical (unpaired) electrons. The minimum absolute atomic E-state index is 0.0933. The van der Waals surface area contributed by atoms with Gasteiger partial charge in [0.2, 0.25) is 0 Å². The molecule has 2 aromatic rings. The van der Waals surface area contributed by atoms with Gasteiger partial charge in [-0.1, -0.05) is 42.5 Å². The van der Waals surface area contributed by atoms with E-state index in [1.165, 1.54) is 5.56 Å². The van der Waals surface area contributed by atoms with E-state index >= 15 is 0 Å². The van der Waals surface area contributed by atoms with Gasteiger partial charge in [0.15, 0.2) is 0 Å². The standard InChI is InChI=1S/C24H35NO5/c1-18(26)15-30-19(2)16-29-17-22(14-21-8-11-23(27)12-9-21)25-24(28)13-10-20-6-4-3-5-7-20/h3-9,11-12,18-19,22,24-28H,10,13-17H2,1-2H3/t18?,19-,22+,24?/m0/s1. The monoisotopic (exact) mass is 417 g/mol. The highest BCUT2D eigenvalue weighted by Crippen LogP contribution is 2.12. The third-order valence-corrected chi connectivity index (χ3v) is 4.69. The summed E-state index contributed by atoms with van der Waals surface area (Å²) in [6.45, 7) is 4.67. The fourth-order valence-electron chi connectivity index (χ4n) is 3.11. The number of aliphatic hydroxyl groups excluding tert-OH is 2. The number of hydrogen-bond donors (Lipinski definition) is 4. The molecule has 0 aliphatic rings. The van der Waals surface area contributed by atoms with Crippen molar-refractivity contribution in [3.63, 3.8) is 0 Å². The Morgan fingerprint density at radius 1 is 0.867 bits per heavy atom. The van der Waals surface area contributed by atoms with Crippen LogP contribution in [-0.4, -0.2) is 59.6 Å². The highest BCUT2D eigenvalue weighted by molar-refractivity contribution is 5.26. The molecule has 6 heteroatoms. The van der Waals surface area contributed by atoms with Crippen molar-refractivity contribution in [2.24, 2.45) is 0 Å². The lowest BCUT2D eigenvalue weighted by molar-refractivity contribution is -0.0418. The average molecular weight is 418 g/mol. The van der Waals surface area contributed by atoms with Gasteiger partial charge in [-0.15, -0.1) is 0 Å². The molecule has 2 unspecified atom stereocenters. The molecule has 0 aliphatic heterocycles. The predicted octanol–water partition coefficient (Wildman–Crippen LogP) is 2.65. The van der Waals surface area contributed by atoms with E-state index in [4.69, 9.17) is 9.47 Å². The summed E-state index contributed by atoms with van der Waals surface area (Å²) in [5.41, 5.74) is 2.23. The van der Waals surface area contributed by atoms with Crippen LogP contribution in [-0.2, 0) is 22.3 Å². The van der Waals surface area contributed by atoms with Crippen molar-refractivity contribution in [3.8, 4) is 5.75 Å². The van der Waals surface area contributed by atoms with Gasteiger partial charge in [0.25, 0.3) is 0 Å². The molecule has 166 valence electrons. The number of rotatable bonds is 14. The third-order valence-electron chi connectivity index (χ3n) is 4.69. The Hall–Kier alpha value is -1.96. The molecule has 0 fully saturated rings. The zero-order valence-corrected chi connectivity index (χ0v) is 17.9. The van der Waals surface area contributed by atoms with Crippen LogP contribution >= 0.6 is 0 Å². The lowest BCUT2D eigenvalue weighted by Gasteiger charge is -2.24. The number of hydrogen-bond acceptors (Lipinski definition) is 6. The van der Waals surface area contributed by atoms with E-state index in [9.17, 15) is 15.3 Å². The van der Waals surface area contributed by atoms with Gasteiger partial charge in [-0.2, -0.15) is 0 Å². The second kappa shape index (κ2) is 13.4. The molecule has 0 spiro atoms. The molecule has 2 rings (SSSR count). The van der Waals surface area contributed by atoms with Crippen molar-refractivity contribution in [2.45, 2.75) is 57.6 Å². The number of phenols is 1. The Bertz CT molecular complexity index is 693. The fourth-order valence-corrected chi connectivity index (χ4v) is 3.11. The van der Waals surface area contributed by atoms with E-state index < -0.39 is 12.3 Å². The number of benzene rings is 2. The number of aryl methyl sites for hydroxylation is 1. The SMILES string of the molecule is CC(O)CO[C@@H](C)COC[C@@H](Cc1ccc(O)cc1)NC(O)CCc1ccccc1. The molecule has 6 nitrogen and oxygen atoms in total. The zero-order valence-electron chi connectivity index (χ0n) is 17.9. The first kappa shape index (κ1) is 24.3. The van der Waals surface area contributed by atoms with Gasteiger partial charge in [0.05, 0.1) is 32.0 Å². The van der Waals surface area contributed by atoms with Crippen LogP contribution in [0, 0.1) is 0 Å². The van der Waals surface area contributed by atoms with Crippen LogP contribution in [0.2, 0.25) is 0 Å². The summed E-state index contributed by atoms with van der Waals surface area (Å²) in [6, 6.07) is 17.0. The molecule has 0 aromatic heterocycles. The van der Waals surface area contributed by atoms with Gasteiger partial charge in [-0.05, 0) is 56.4 Å². The lowest BCUT2D eigenvalue weighted by Crippen LogP contribution is -2.43. The first-order chi connectivity index (χ1) is 14.4. The highest BCUT2D eigenvalue weighted by Gasteiger charge is 2.16. The van der Waals surface area contributed by atoms with Crippen molar-refractivity contribution in [1.82, 2.24) is 5.32 Å². The smallest absolute Gasteiger partial charge is 0.115 e. The van der Waals surface area contributed by atoms with Gasteiger partial charge in [0.1, 0.15) is 12.0 Å². The number of aliphatic hydroxyl groups is 2. The Kier molecular flexibility index (Phi) is 10.8. The first-order valence-corrected chi connectivity index (χ1v) is 10.6. The largest absolute Gasteiger partial charge is 0.508 e. The molecular formula is C24H35NO5. The molecule has 0 amide bonds.